The van der Waals surface area contributed by atoms with Crippen molar-refractivity contribution in [3.05, 3.63) is 47.3 Å². The average molecular weight is 246 g/mol. The fourth-order valence-electron chi connectivity index (χ4n) is 1.61. The highest BCUT2D eigenvalue weighted by molar-refractivity contribution is 5.85. The summed E-state index contributed by atoms with van der Waals surface area (Å²) in [7, 11) is 1.91. The van der Waals surface area contributed by atoms with Gasteiger partial charge in [0.1, 0.15) is 0 Å². The van der Waals surface area contributed by atoms with Gasteiger partial charge in [0.05, 0.1) is 6.54 Å². The van der Waals surface area contributed by atoms with Crippen LogP contribution in [-0.4, -0.2) is 23.3 Å². The van der Waals surface area contributed by atoms with Gasteiger partial charge >= 0.3 is 5.97 Å². The Hall–Kier alpha value is -2.30. The number of carboxylic acid groups (broad SMARTS) is 1. The number of benzene rings is 1. The van der Waals surface area contributed by atoms with E-state index in [0.29, 0.717) is 12.3 Å². The van der Waals surface area contributed by atoms with Crippen molar-refractivity contribution >= 4 is 11.7 Å². The highest BCUT2D eigenvalue weighted by Gasteiger charge is 2.12. The molecule has 0 fully saturated rings. The Morgan fingerprint density at radius 2 is 2.06 bits per heavy atom. The molecule has 1 aromatic heterocycles. The molecule has 1 N–H and O–H groups in total. The van der Waals surface area contributed by atoms with Crippen molar-refractivity contribution in [3.63, 3.8) is 0 Å². The van der Waals surface area contributed by atoms with Gasteiger partial charge in [-0.2, -0.15) is 0 Å². The number of hydrogen-bond acceptors (Lipinski definition) is 4. The van der Waals surface area contributed by atoms with Gasteiger partial charge in [0.25, 0.3) is 0 Å². The minimum absolute atomic E-state index is 0.0673. The lowest BCUT2D eigenvalue weighted by atomic mass is 10.2. The molecule has 5 nitrogen and oxygen atoms in total. The summed E-state index contributed by atoms with van der Waals surface area (Å²) >= 11 is 0. The van der Waals surface area contributed by atoms with Crippen LogP contribution in [0.15, 0.2) is 34.9 Å². The molecule has 0 aliphatic rings. The number of rotatable bonds is 4. The molecule has 2 aromatic rings. The maximum absolute atomic E-state index is 10.7. The Morgan fingerprint density at radius 1 is 1.39 bits per heavy atom. The molecule has 0 atom stereocenters. The zero-order valence-corrected chi connectivity index (χ0v) is 10.3. The van der Waals surface area contributed by atoms with Crippen molar-refractivity contribution in [2.75, 3.05) is 11.9 Å². The Balaban J connectivity index is 2.08. The largest absolute Gasteiger partial charge is 0.476 e. The van der Waals surface area contributed by atoms with Gasteiger partial charge in [-0.25, -0.2) is 4.79 Å². The number of nitrogens with zero attached hydrogens (tertiary/aromatic N) is 2. The van der Waals surface area contributed by atoms with Crippen LogP contribution in [0.1, 0.15) is 21.8 Å². The van der Waals surface area contributed by atoms with Gasteiger partial charge in [0.2, 0.25) is 0 Å². The quantitative estimate of drug-likeness (QED) is 0.896. The SMILES string of the molecule is Cc1ccc(N(C)Cc2cc(C(=O)O)no2)cc1. The zero-order valence-electron chi connectivity index (χ0n) is 10.3. The van der Waals surface area contributed by atoms with Crippen LogP contribution in [0.3, 0.4) is 0 Å². The van der Waals surface area contributed by atoms with E-state index in [2.05, 4.69) is 5.16 Å². The van der Waals surface area contributed by atoms with E-state index in [0.717, 1.165) is 5.69 Å². The van der Waals surface area contributed by atoms with Crippen LogP contribution in [0.25, 0.3) is 0 Å². The first-order valence-electron chi connectivity index (χ1n) is 5.53. The molecule has 0 bridgehead atoms. The molecular weight excluding hydrogens is 232 g/mol. The molecule has 0 aliphatic carbocycles. The van der Waals surface area contributed by atoms with Crippen LogP contribution in [0.2, 0.25) is 0 Å². The second-order valence-corrected chi connectivity index (χ2v) is 4.18. The second kappa shape index (κ2) is 4.91. The Labute approximate surface area is 105 Å². The normalized spacial score (nSPS) is 10.3. The van der Waals surface area contributed by atoms with Gasteiger partial charge in [-0.1, -0.05) is 22.9 Å². The smallest absolute Gasteiger partial charge is 0.358 e. The molecule has 18 heavy (non-hydrogen) atoms. The number of hydrogen-bond donors (Lipinski definition) is 1. The van der Waals surface area contributed by atoms with E-state index in [9.17, 15) is 4.79 Å². The van der Waals surface area contributed by atoms with Gasteiger partial charge in [0, 0.05) is 18.8 Å². The summed E-state index contributed by atoms with van der Waals surface area (Å²) in [6, 6.07) is 9.49. The summed E-state index contributed by atoms with van der Waals surface area (Å²) in [5.41, 5.74) is 2.16. The highest BCUT2D eigenvalue weighted by Crippen LogP contribution is 2.16. The predicted octanol–water partition coefficient (Wildman–Crippen LogP) is 2.32. The first kappa shape index (κ1) is 12.2. The van der Waals surface area contributed by atoms with Gasteiger partial charge < -0.3 is 14.5 Å². The predicted molar refractivity (Wildman–Crippen MR) is 66.7 cm³/mol. The fraction of sp³-hybridized carbons (Fsp3) is 0.231. The molecule has 0 aliphatic heterocycles. The third-order valence-electron chi connectivity index (χ3n) is 2.65. The lowest BCUT2D eigenvalue weighted by Gasteiger charge is -2.17. The molecule has 2 rings (SSSR count). The average Bonchev–Trinajstić information content (AvgIpc) is 2.78. The first-order valence-corrected chi connectivity index (χ1v) is 5.53. The van der Waals surface area contributed by atoms with E-state index < -0.39 is 5.97 Å². The maximum Gasteiger partial charge on any atom is 0.358 e. The lowest BCUT2D eigenvalue weighted by molar-refractivity contribution is 0.0685. The van der Waals surface area contributed by atoms with Gasteiger partial charge in [-0.3, -0.25) is 0 Å². The third kappa shape index (κ3) is 2.68. The van der Waals surface area contributed by atoms with Gasteiger partial charge in [0.15, 0.2) is 11.5 Å². The molecule has 0 saturated heterocycles. The summed E-state index contributed by atoms with van der Waals surface area (Å²) in [6.45, 7) is 2.50. The van der Waals surface area contributed by atoms with Crippen LogP contribution >= 0.6 is 0 Å². The van der Waals surface area contributed by atoms with Crippen LogP contribution < -0.4 is 4.90 Å². The van der Waals surface area contributed by atoms with Crippen molar-refractivity contribution in [1.29, 1.82) is 0 Å². The number of aryl methyl sites for hydroxylation is 1. The number of aromatic carboxylic acids is 1. The van der Waals surface area contributed by atoms with E-state index in [1.165, 1.54) is 11.6 Å². The van der Waals surface area contributed by atoms with Crippen molar-refractivity contribution in [3.8, 4) is 0 Å². The fourth-order valence-corrected chi connectivity index (χ4v) is 1.61. The minimum Gasteiger partial charge on any atom is -0.476 e. The molecule has 0 radical (unpaired) electrons. The topological polar surface area (TPSA) is 66.6 Å². The molecule has 1 aromatic carbocycles. The number of carbonyl (C=O) groups is 1. The summed E-state index contributed by atoms with van der Waals surface area (Å²) < 4.78 is 4.97. The molecule has 0 spiro atoms. The summed E-state index contributed by atoms with van der Waals surface area (Å²) in [6.07, 6.45) is 0. The van der Waals surface area contributed by atoms with Crippen LogP contribution in [0, 0.1) is 6.92 Å². The summed E-state index contributed by atoms with van der Waals surface area (Å²) in [4.78, 5) is 12.6. The molecule has 1 heterocycles. The number of anilines is 1. The molecule has 0 saturated carbocycles. The Bertz CT molecular complexity index is 546. The second-order valence-electron chi connectivity index (χ2n) is 4.18. The van der Waals surface area contributed by atoms with E-state index in [-0.39, 0.29) is 5.69 Å². The van der Waals surface area contributed by atoms with Crippen LogP contribution in [-0.2, 0) is 6.54 Å². The van der Waals surface area contributed by atoms with Crippen molar-refractivity contribution in [2.45, 2.75) is 13.5 Å². The summed E-state index contributed by atoms with van der Waals surface area (Å²) in [5, 5.41) is 12.2. The van der Waals surface area contributed by atoms with Crippen molar-refractivity contribution in [1.82, 2.24) is 5.16 Å². The molecule has 5 heteroatoms. The molecule has 0 unspecified atom stereocenters. The summed E-state index contributed by atoms with van der Waals surface area (Å²) in [5.74, 6) is -0.557. The third-order valence-corrected chi connectivity index (χ3v) is 2.65. The first-order chi connectivity index (χ1) is 8.56. The van der Waals surface area contributed by atoms with E-state index in [4.69, 9.17) is 9.63 Å². The zero-order chi connectivity index (χ0) is 13.1. The Morgan fingerprint density at radius 3 is 2.61 bits per heavy atom. The van der Waals surface area contributed by atoms with Crippen molar-refractivity contribution < 1.29 is 14.4 Å². The molecule has 94 valence electrons. The van der Waals surface area contributed by atoms with Crippen LogP contribution in [0.4, 0.5) is 5.69 Å². The van der Waals surface area contributed by atoms with E-state index in [1.54, 1.807) is 0 Å². The van der Waals surface area contributed by atoms with Gasteiger partial charge in [-0.05, 0) is 19.1 Å². The molecular formula is C13H14N2O3. The number of carboxylic acids is 1. The van der Waals surface area contributed by atoms with E-state index in [1.807, 2.05) is 43.1 Å². The number of aromatic nitrogens is 1. The monoisotopic (exact) mass is 246 g/mol. The highest BCUT2D eigenvalue weighted by atomic mass is 16.5. The minimum atomic E-state index is -1.08. The van der Waals surface area contributed by atoms with E-state index >= 15 is 0 Å². The maximum atomic E-state index is 10.7. The Kier molecular flexibility index (Phi) is 3.32. The van der Waals surface area contributed by atoms with Crippen LogP contribution in [0.5, 0.6) is 0 Å². The van der Waals surface area contributed by atoms with Crippen molar-refractivity contribution in [2.24, 2.45) is 0 Å². The standard InChI is InChI=1S/C13H14N2O3/c1-9-3-5-10(6-4-9)15(2)8-11-7-12(13(16)17)14-18-11/h3-7H,8H2,1-2H3,(H,16,17). The molecule has 0 amide bonds. The van der Waals surface area contributed by atoms with Gasteiger partial charge in [-0.15, -0.1) is 0 Å². The lowest BCUT2D eigenvalue weighted by Crippen LogP contribution is -2.15.